The number of carbonyl (C=O) groups excluding carboxylic acids is 1. The summed E-state index contributed by atoms with van der Waals surface area (Å²) in [4.78, 5) is 11.7. The zero-order valence-corrected chi connectivity index (χ0v) is 9.96. The highest BCUT2D eigenvalue weighted by molar-refractivity contribution is 5.94. The Morgan fingerprint density at radius 3 is 2.67 bits per heavy atom. The van der Waals surface area contributed by atoms with Gasteiger partial charge in [-0.25, -0.2) is 0 Å². The van der Waals surface area contributed by atoms with Crippen LogP contribution >= 0.6 is 0 Å². The molecule has 0 aliphatic heterocycles. The quantitative estimate of drug-likeness (QED) is 0.898. The number of amides is 1. The molecule has 1 aromatic heterocycles. The smallest absolute Gasteiger partial charge is 0.247 e. The Balaban J connectivity index is 1.69. The number of hydrogen-bond donors (Lipinski definition) is 1. The van der Waals surface area contributed by atoms with E-state index in [2.05, 4.69) is 22.4 Å². The summed E-state index contributed by atoms with van der Waals surface area (Å²) in [6.45, 7) is 2.09. The molecule has 1 aliphatic carbocycles. The molecule has 5 heteroatoms. The molecule has 3 rings (SSSR count). The van der Waals surface area contributed by atoms with Gasteiger partial charge in [0, 0.05) is 17.2 Å². The summed E-state index contributed by atoms with van der Waals surface area (Å²) in [5.41, 5.74) is 1.63. The topological polar surface area (TPSA) is 68.0 Å². The molecule has 5 nitrogen and oxygen atoms in total. The van der Waals surface area contributed by atoms with E-state index in [-0.39, 0.29) is 11.8 Å². The molecule has 0 bridgehead atoms. The van der Waals surface area contributed by atoms with E-state index < -0.39 is 0 Å². The lowest BCUT2D eigenvalue weighted by molar-refractivity contribution is -0.117. The van der Waals surface area contributed by atoms with E-state index in [1.807, 2.05) is 24.3 Å². The average molecular weight is 243 g/mol. The maximum absolute atomic E-state index is 11.7. The number of benzene rings is 1. The van der Waals surface area contributed by atoms with Crippen molar-refractivity contribution in [2.24, 2.45) is 11.8 Å². The van der Waals surface area contributed by atoms with Crippen molar-refractivity contribution in [1.82, 2.24) is 10.2 Å². The van der Waals surface area contributed by atoms with Crippen LogP contribution < -0.4 is 5.32 Å². The highest BCUT2D eigenvalue weighted by Gasteiger charge is 2.38. The zero-order valence-electron chi connectivity index (χ0n) is 9.96. The standard InChI is InChI=1S/C13H13N3O2/c1-8-6-11(8)12(17)15-10-4-2-9(3-5-10)13-16-14-7-18-13/h2-5,7-8,11H,6H2,1H3,(H,15,17)/t8-,11-/m1/s1. The molecule has 1 fully saturated rings. The molecule has 0 unspecified atom stereocenters. The molecule has 1 N–H and O–H groups in total. The van der Waals surface area contributed by atoms with Crippen molar-refractivity contribution in [1.29, 1.82) is 0 Å². The Bertz CT molecular complexity index is 548. The Hall–Kier alpha value is -2.17. The highest BCUT2D eigenvalue weighted by atomic mass is 16.4. The van der Waals surface area contributed by atoms with E-state index in [4.69, 9.17) is 4.42 Å². The number of rotatable bonds is 3. The fourth-order valence-corrected chi connectivity index (χ4v) is 1.92. The number of aromatic nitrogens is 2. The maximum atomic E-state index is 11.7. The second-order valence-electron chi connectivity index (χ2n) is 4.63. The monoisotopic (exact) mass is 243 g/mol. The van der Waals surface area contributed by atoms with Gasteiger partial charge in [-0.15, -0.1) is 10.2 Å². The number of hydrogen-bond acceptors (Lipinski definition) is 4. The van der Waals surface area contributed by atoms with Gasteiger partial charge in [0.25, 0.3) is 0 Å². The second-order valence-corrected chi connectivity index (χ2v) is 4.63. The number of carbonyl (C=O) groups is 1. The summed E-state index contributed by atoms with van der Waals surface area (Å²) in [7, 11) is 0. The third-order valence-corrected chi connectivity index (χ3v) is 3.21. The van der Waals surface area contributed by atoms with E-state index in [1.54, 1.807) is 0 Å². The predicted molar refractivity (Wildman–Crippen MR) is 65.6 cm³/mol. The summed E-state index contributed by atoms with van der Waals surface area (Å²) < 4.78 is 5.09. The van der Waals surface area contributed by atoms with Crippen molar-refractivity contribution >= 4 is 11.6 Å². The Morgan fingerprint density at radius 1 is 1.39 bits per heavy atom. The molecule has 2 atom stereocenters. The molecule has 0 radical (unpaired) electrons. The van der Waals surface area contributed by atoms with Crippen LogP contribution in [-0.2, 0) is 4.79 Å². The SMILES string of the molecule is C[C@@H]1C[C@H]1C(=O)Nc1ccc(-c2nnco2)cc1. The molecule has 2 aromatic rings. The van der Waals surface area contributed by atoms with Crippen LogP contribution in [-0.4, -0.2) is 16.1 Å². The van der Waals surface area contributed by atoms with E-state index >= 15 is 0 Å². The zero-order chi connectivity index (χ0) is 12.5. The minimum Gasteiger partial charge on any atom is -0.423 e. The van der Waals surface area contributed by atoms with Crippen LogP contribution in [0.1, 0.15) is 13.3 Å². The minimum absolute atomic E-state index is 0.105. The summed E-state index contributed by atoms with van der Waals surface area (Å²) in [6.07, 6.45) is 2.28. The number of anilines is 1. The molecular weight excluding hydrogens is 230 g/mol. The Kier molecular flexibility index (Phi) is 2.59. The lowest BCUT2D eigenvalue weighted by Gasteiger charge is -2.04. The van der Waals surface area contributed by atoms with Crippen LogP contribution in [0.3, 0.4) is 0 Å². The molecule has 1 aromatic carbocycles. The summed E-state index contributed by atoms with van der Waals surface area (Å²) in [5.74, 6) is 1.28. The van der Waals surface area contributed by atoms with Crippen LogP contribution in [0.4, 0.5) is 5.69 Å². The molecule has 18 heavy (non-hydrogen) atoms. The first kappa shape index (κ1) is 11.0. The fraction of sp³-hybridized carbons (Fsp3) is 0.308. The average Bonchev–Trinajstić information content (AvgIpc) is 2.91. The van der Waals surface area contributed by atoms with Crippen LogP contribution in [0.15, 0.2) is 35.1 Å². The van der Waals surface area contributed by atoms with E-state index in [1.165, 1.54) is 6.39 Å². The number of nitrogens with zero attached hydrogens (tertiary/aromatic N) is 2. The van der Waals surface area contributed by atoms with Gasteiger partial charge in [-0.2, -0.15) is 0 Å². The molecule has 92 valence electrons. The van der Waals surface area contributed by atoms with E-state index in [0.29, 0.717) is 11.8 Å². The molecule has 1 saturated carbocycles. The van der Waals surface area contributed by atoms with Gasteiger partial charge in [0.15, 0.2) is 0 Å². The Labute approximate surface area is 104 Å². The first-order valence-corrected chi connectivity index (χ1v) is 5.91. The molecule has 1 heterocycles. The number of nitrogens with one attached hydrogen (secondary N) is 1. The first-order valence-electron chi connectivity index (χ1n) is 5.91. The van der Waals surface area contributed by atoms with Gasteiger partial charge in [-0.1, -0.05) is 6.92 Å². The second kappa shape index (κ2) is 4.25. The lowest BCUT2D eigenvalue weighted by Crippen LogP contribution is -2.14. The third kappa shape index (κ3) is 2.11. The van der Waals surface area contributed by atoms with Crippen molar-refractivity contribution in [3.63, 3.8) is 0 Å². The fourth-order valence-electron chi connectivity index (χ4n) is 1.92. The van der Waals surface area contributed by atoms with Gasteiger partial charge in [0.05, 0.1) is 0 Å². The molecular formula is C13H13N3O2. The predicted octanol–water partition coefficient (Wildman–Crippen LogP) is 2.33. The maximum Gasteiger partial charge on any atom is 0.247 e. The van der Waals surface area contributed by atoms with Crippen molar-refractivity contribution in [2.45, 2.75) is 13.3 Å². The summed E-state index contributed by atoms with van der Waals surface area (Å²) >= 11 is 0. The third-order valence-electron chi connectivity index (χ3n) is 3.21. The summed E-state index contributed by atoms with van der Waals surface area (Å²) in [6, 6.07) is 7.37. The van der Waals surface area contributed by atoms with E-state index in [0.717, 1.165) is 17.7 Å². The van der Waals surface area contributed by atoms with Gasteiger partial charge in [0.1, 0.15) is 0 Å². The van der Waals surface area contributed by atoms with Gasteiger partial charge in [0.2, 0.25) is 18.2 Å². The largest absolute Gasteiger partial charge is 0.423 e. The highest BCUT2D eigenvalue weighted by Crippen LogP contribution is 2.38. The van der Waals surface area contributed by atoms with E-state index in [9.17, 15) is 4.79 Å². The first-order chi connectivity index (χ1) is 8.74. The Morgan fingerprint density at radius 2 is 2.11 bits per heavy atom. The van der Waals surface area contributed by atoms with Crippen molar-refractivity contribution in [2.75, 3.05) is 5.32 Å². The van der Waals surface area contributed by atoms with Crippen LogP contribution in [0, 0.1) is 11.8 Å². The molecule has 1 aliphatic rings. The normalized spacial score (nSPS) is 21.6. The van der Waals surface area contributed by atoms with Gasteiger partial charge in [-0.3, -0.25) is 4.79 Å². The van der Waals surface area contributed by atoms with Crippen molar-refractivity contribution < 1.29 is 9.21 Å². The van der Waals surface area contributed by atoms with Crippen LogP contribution in [0.2, 0.25) is 0 Å². The molecule has 1 amide bonds. The lowest BCUT2D eigenvalue weighted by atomic mass is 10.2. The van der Waals surface area contributed by atoms with Gasteiger partial charge < -0.3 is 9.73 Å². The molecule has 0 saturated heterocycles. The van der Waals surface area contributed by atoms with Gasteiger partial charge >= 0.3 is 0 Å². The van der Waals surface area contributed by atoms with Crippen LogP contribution in [0.25, 0.3) is 11.5 Å². The van der Waals surface area contributed by atoms with Gasteiger partial charge in [-0.05, 0) is 36.6 Å². The van der Waals surface area contributed by atoms with Crippen molar-refractivity contribution in [3.8, 4) is 11.5 Å². The van der Waals surface area contributed by atoms with Crippen LogP contribution in [0.5, 0.6) is 0 Å². The minimum atomic E-state index is 0.105. The van der Waals surface area contributed by atoms with Crippen molar-refractivity contribution in [3.05, 3.63) is 30.7 Å². The summed E-state index contributed by atoms with van der Waals surface area (Å²) in [5, 5.41) is 10.3. The molecule has 0 spiro atoms.